The highest BCUT2D eigenvalue weighted by Crippen LogP contribution is 2.28. The van der Waals surface area contributed by atoms with Gasteiger partial charge in [0.15, 0.2) is 5.69 Å². The van der Waals surface area contributed by atoms with E-state index in [0.717, 1.165) is 6.20 Å². The Balaban J connectivity index is 2.38. The maximum Gasteiger partial charge on any atom is 0.276 e. The average Bonchev–Trinajstić information content (AvgIpc) is 2.55. The lowest BCUT2D eigenvalue weighted by Crippen LogP contribution is -2.18. The zero-order valence-electron chi connectivity index (χ0n) is 13.4. The second-order valence-corrected chi connectivity index (χ2v) is 7.81. The molecule has 134 valence electrons. The van der Waals surface area contributed by atoms with E-state index in [9.17, 15) is 13.2 Å². The summed E-state index contributed by atoms with van der Waals surface area (Å²) in [5, 5.41) is 2.42. The van der Waals surface area contributed by atoms with Gasteiger partial charge in [-0.15, -0.1) is 0 Å². The van der Waals surface area contributed by atoms with Crippen LogP contribution in [0.4, 0.5) is 5.69 Å². The number of carbonyl (C=O) groups is 1. The first-order valence-corrected chi connectivity index (χ1v) is 9.59. The third kappa shape index (κ3) is 4.59. The van der Waals surface area contributed by atoms with Gasteiger partial charge < -0.3 is 10.1 Å². The van der Waals surface area contributed by atoms with Crippen molar-refractivity contribution in [2.24, 2.45) is 0 Å². The van der Waals surface area contributed by atoms with Gasteiger partial charge in [-0.1, -0.05) is 30.1 Å². The van der Waals surface area contributed by atoms with E-state index in [-0.39, 0.29) is 16.5 Å². The molecule has 0 spiro atoms. The smallest absolute Gasteiger partial charge is 0.276 e. The molecule has 0 unspecified atom stereocenters. The number of anilines is 1. The van der Waals surface area contributed by atoms with Gasteiger partial charge in [-0.2, -0.15) is 0 Å². The van der Waals surface area contributed by atoms with Crippen LogP contribution in [0.25, 0.3) is 0 Å². The number of hydrogen-bond donors (Lipinski definition) is 1. The predicted molar refractivity (Wildman–Crippen MR) is 95.3 cm³/mol. The summed E-state index contributed by atoms with van der Waals surface area (Å²) in [5.41, 5.74) is 0.0426. The van der Waals surface area contributed by atoms with Gasteiger partial charge >= 0.3 is 0 Å². The minimum absolute atomic E-state index is 0.0751. The molecule has 2 aromatic rings. The number of rotatable bonds is 6. The summed E-state index contributed by atoms with van der Waals surface area (Å²) in [5.74, 6) is -0.458. The number of aromatic nitrogens is 2. The SMILES string of the molecule is CCCS(=O)(=O)c1ncc(Cl)c(C(=O)Nc2cc(Cl)ccc2OC)n1. The molecule has 0 aliphatic carbocycles. The number of hydrogen-bond acceptors (Lipinski definition) is 6. The largest absolute Gasteiger partial charge is 0.495 e. The van der Waals surface area contributed by atoms with Crippen LogP contribution < -0.4 is 10.1 Å². The van der Waals surface area contributed by atoms with Gasteiger partial charge in [-0.05, 0) is 24.6 Å². The van der Waals surface area contributed by atoms with Crippen molar-refractivity contribution in [1.82, 2.24) is 9.97 Å². The number of carbonyl (C=O) groups excluding carboxylic acids is 1. The third-order valence-electron chi connectivity index (χ3n) is 3.10. The number of nitrogens with zero attached hydrogens (tertiary/aromatic N) is 2. The summed E-state index contributed by atoms with van der Waals surface area (Å²) < 4.78 is 29.3. The van der Waals surface area contributed by atoms with Gasteiger partial charge in [0.2, 0.25) is 15.0 Å². The van der Waals surface area contributed by atoms with E-state index in [1.54, 1.807) is 19.1 Å². The second-order valence-electron chi connectivity index (χ2n) is 4.97. The summed E-state index contributed by atoms with van der Waals surface area (Å²) in [6.07, 6.45) is 1.48. The fraction of sp³-hybridized carbons (Fsp3) is 0.267. The zero-order valence-corrected chi connectivity index (χ0v) is 15.7. The molecule has 7 nitrogen and oxygen atoms in total. The van der Waals surface area contributed by atoms with Crippen molar-refractivity contribution in [1.29, 1.82) is 0 Å². The van der Waals surface area contributed by atoms with Crippen LogP contribution in [0.15, 0.2) is 29.6 Å². The lowest BCUT2D eigenvalue weighted by Gasteiger charge is -2.11. The predicted octanol–water partition coefficient (Wildman–Crippen LogP) is 3.23. The van der Waals surface area contributed by atoms with E-state index in [1.165, 1.54) is 13.2 Å². The minimum atomic E-state index is -3.68. The fourth-order valence-electron chi connectivity index (χ4n) is 1.98. The Morgan fingerprint density at radius 2 is 2.04 bits per heavy atom. The summed E-state index contributed by atoms with van der Waals surface area (Å²) in [6, 6.07) is 4.67. The van der Waals surface area contributed by atoms with Crippen molar-refractivity contribution < 1.29 is 17.9 Å². The molecule has 1 aromatic carbocycles. The lowest BCUT2D eigenvalue weighted by atomic mass is 10.2. The number of halogens is 2. The van der Waals surface area contributed by atoms with Gasteiger partial charge in [-0.3, -0.25) is 4.79 Å². The second kappa shape index (κ2) is 7.99. The van der Waals surface area contributed by atoms with E-state index < -0.39 is 20.9 Å². The number of ether oxygens (including phenoxy) is 1. The molecule has 0 fully saturated rings. The first-order valence-electron chi connectivity index (χ1n) is 7.18. The van der Waals surface area contributed by atoms with Gasteiger partial charge in [0, 0.05) is 5.02 Å². The van der Waals surface area contributed by atoms with E-state index >= 15 is 0 Å². The number of amides is 1. The first kappa shape index (κ1) is 19.4. The van der Waals surface area contributed by atoms with Gasteiger partial charge in [0.25, 0.3) is 5.91 Å². The van der Waals surface area contributed by atoms with Crippen LogP contribution in [-0.4, -0.2) is 37.2 Å². The van der Waals surface area contributed by atoms with Crippen LogP contribution in [-0.2, 0) is 9.84 Å². The van der Waals surface area contributed by atoms with Crippen molar-refractivity contribution >= 4 is 44.6 Å². The maximum atomic E-state index is 12.5. The monoisotopic (exact) mass is 403 g/mol. The number of nitrogens with one attached hydrogen (secondary N) is 1. The molecular formula is C15H15Cl2N3O4S. The molecule has 1 aromatic heterocycles. The van der Waals surface area contributed by atoms with Crippen LogP contribution in [0, 0.1) is 0 Å². The van der Waals surface area contributed by atoms with Gasteiger partial charge in [0.05, 0.1) is 29.8 Å². The maximum absolute atomic E-state index is 12.5. The molecule has 1 heterocycles. The van der Waals surface area contributed by atoms with Crippen molar-refractivity contribution in [2.45, 2.75) is 18.5 Å². The topological polar surface area (TPSA) is 98.2 Å². The average molecular weight is 404 g/mol. The molecule has 0 atom stereocenters. The van der Waals surface area contributed by atoms with Crippen molar-refractivity contribution in [3.8, 4) is 5.75 Å². The Bertz CT molecular complexity index is 904. The quantitative estimate of drug-likeness (QED) is 0.743. The van der Waals surface area contributed by atoms with Crippen LogP contribution in [0.2, 0.25) is 10.0 Å². The van der Waals surface area contributed by atoms with Crippen molar-refractivity contribution in [2.75, 3.05) is 18.2 Å². The van der Waals surface area contributed by atoms with Crippen LogP contribution >= 0.6 is 23.2 Å². The zero-order chi connectivity index (χ0) is 18.6. The minimum Gasteiger partial charge on any atom is -0.495 e. The third-order valence-corrected chi connectivity index (χ3v) is 5.31. The van der Waals surface area contributed by atoms with Crippen molar-refractivity contribution in [3.05, 3.63) is 40.1 Å². The Morgan fingerprint density at radius 1 is 1.32 bits per heavy atom. The Morgan fingerprint density at radius 3 is 2.68 bits per heavy atom. The standard InChI is InChI=1S/C15H15Cl2N3O4S/c1-3-6-25(22,23)15-18-8-10(17)13(20-15)14(21)19-11-7-9(16)4-5-12(11)24-2/h4-5,7-8H,3,6H2,1-2H3,(H,19,21). The Labute approximate surface area is 155 Å². The van der Waals surface area contributed by atoms with Gasteiger partial charge in [-0.25, -0.2) is 18.4 Å². The Kier molecular flexibility index (Phi) is 6.21. The molecular weight excluding hydrogens is 389 g/mol. The van der Waals surface area contributed by atoms with Crippen molar-refractivity contribution in [3.63, 3.8) is 0 Å². The van der Waals surface area contributed by atoms with E-state index in [0.29, 0.717) is 22.9 Å². The molecule has 1 amide bonds. The number of sulfone groups is 1. The molecule has 0 aliphatic heterocycles. The molecule has 0 saturated heterocycles. The molecule has 1 N–H and O–H groups in total. The van der Waals surface area contributed by atoms with E-state index in [2.05, 4.69) is 15.3 Å². The van der Waals surface area contributed by atoms with E-state index in [1.807, 2.05) is 0 Å². The number of methoxy groups -OCH3 is 1. The van der Waals surface area contributed by atoms with Crippen LogP contribution in [0.3, 0.4) is 0 Å². The highest BCUT2D eigenvalue weighted by atomic mass is 35.5. The molecule has 0 radical (unpaired) electrons. The first-order chi connectivity index (χ1) is 11.8. The molecule has 0 aliphatic rings. The highest BCUT2D eigenvalue weighted by molar-refractivity contribution is 7.91. The van der Waals surface area contributed by atoms with Gasteiger partial charge in [0.1, 0.15) is 5.75 Å². The normalized spacial score (nSPS) is 11.2. The Hall–Kier alpha value is -1.90. The molecule has 0 bridgehead atoms. The van der Waals surface area contributed by atoms with E-state index in [4.69, 9.17) is 27.9 Å². The molecule has 25 heavy (non-hydrogen) atoms. The molecule has 0 saturated carbocycles. The summed E-state index contributed by atoms with van der Waals surface area (Å²) in [4.78, 5) is 20.0. The van der Waals surface area contributed by atoms with Crippen LogP contribution in [0.5, 0.6) is 5.75 Å². The fourth-order valence-corrected chi connectivity index (χ4v) is 3.49. The summed E-state index contributed by atoms with van der Waals surface area (Å²) in [7, 11) is -2.25. The summed E-state index contributed by atoms with van der Waals surface area (Å²) >= 11 is 11.9. The molecule has 10 heteroatoms. The summed E-state index contributed by atoms with van der Waals surface area (Å²) in [6.45, 7) is 1.71. The number of benzene rings is 1. The lowest BCUT2D eigenvalue weighted by molar-refractivity contribution is 0.102. The highest BCUT2D eigenvalue weighted by Gasteiger charge is 2.22. The van der Waals surface area contributed by atoms with Crippen LogP contribution in [0.1, 0.15) is 23.8 Å². The molecule has 2 rings (SSSR count).